The zero-order chi connectivity index (χ0) is 12.8. The molecule has 0 unspecified atom stereocenters. The average Bonchev–Trinajstić information content (AvgIpc) is 2.29. The van der Waals surface area contributed by atoms with Gasteiger partial charge in [-0.15, -0.1) is 0 Å². The fourth-order valence-electron chi connectivity index (χ4n) is 1.57. The lowest BCUT2D eigenvalue weighted by Crippen LogP contribution is -2.39. The third kappa shape index (κ3) is 3.64. The monoisotopic (exact) mass is 255 g/mol. The van der Waals surface area contributed by atoms with Crippen molar-refractivity contribution in [3.05, 3.63) is 29.8 Å². The average molecular weight is 255 g/mol. The van der Waals surface area contributed by atoms with Gasteiger partial charge in [-0.25, -0.2) is 9.86 Å². The minimum atomic E-state index is -1.01. The molecule has 0 spiro atoms. The Morgan fingerprint density at radius 3 is 2.65 bits per heavy atom. The second-order valence-electron chi connectivity index (χ2n) is 3.77. The number of aliphatic carboxylic acids is 1. The lowest BCUT2D eigenvalue weighted by atomic mass is 10.1. The molecule has 1 aromatic rings. The fourth-order valence-corrected chi connectivity index (χ4v) is 2.03. The Balaban J connectivity index is 2.88. The van der Waals surface area contributed by atoms with Crippen LogP contribution in [0.4, 0.5) is 5.69 Å². The van der Waals surface area contributed by atoms with Crippen molar-refractivity contribution in [1.29, 1.82) is 0 Å². The number of para-hydroxylation sites is 1. The molecule has 0 saturated carbocycles. The van der Waals surface area contributed by atoms with Crippen LogP contribution in [0.25, 0.3) is 0 Å². The fraction of sp³-hybridized carbons (Fsp3) is 0.417. The topological polar surface area (TPSA) is 60.8 Å². The summed E-state index contributed by atoms with van der Waals surface area (Å²) >= 11 is 1.56. The van der Waals surface area contributed by atoms with E-state index in [1.807, 2.05) is 25.3 Å². The van der Waals surface area contributed by atoms with Crippen molar-refractivity contribution < 1.29 is 15.1 Å². The molecule has 0 aliphatic carbocycles. The van der Waals surface area contributed by atoms with Crippen LogP contribution in [0.5, 0.6) is 0 Å². The van der Waals surface area contributed by atoms with Gasteiger partial charge in [-0.1, -0.05) is 18.2 Å². The predicted molar refractivity (Wildman–Crippen MR) is 69.9 cm³/mol. The van der Waals surface area contributed by atoms with Crippen molar-refractivity contribution in [2.24, 2.45) is 0 Å². The van der Waals surface area contributed by atoms with Crippen LogP contribution in [-0.2, 0) is 4.79 Å². The molecule has 0 saturated heterocycles. The highest BCUT2D eigenvalue weighted by Gasteiger charge is 2.25. The molecule has 0 aliphatic rings. The minimum Gasteiger partial charge on any atom is -0.480 e. The molecule has 17 heavy (non-hydrogen) atoms. The quantitative estimate of drug-likeness (QED) is 0.764. The Bertz CT molecular complexity index is 384. The second kappa shape index (κ2) is 6.51. The molecule has 2 N–H and O–H groups in total. The third-order valence-corrected chi connectivity index (χ3v) is 3.18. The van der Waals surface area contributed by atoms with Gasteiger partial charge in [-0.2, -0.15) is 11.8 Å². The summed E-state index contributed by atoms with van der Waals surface area (Å²) < 4.78 is 0. The summed E-state index contributed by atoms with van der Waals surface area (Å²) in [5.41, 5.74) is 1.39. The summed E-state index contributed by atoms with van der Waals surface area (Å²) in [4.78, 5) is 11.1. The number of rotatable bonds is 6. The van der Waals surface area contributed by atoms with Crippen LogP contribution in [0.1, 0.15) is 12.0 Å². The zero-order valence-electron chi connectivity index (χ0n) is 9.96. The summed E-state index contributed by atoms with van der Waals surface area (Å²) in [5, 5.41) is 20.0. The van der Waals surface area contributed by atoms with E-state index >= 15 is 0 Å². The Morgan fingerprint density at radius 2 is 2.12 bits per heavy atom. The van der Waals surface area contributed by atoms with E-state index in [0.29, 0.717) is 17.9 Å². The van der Waals surface area contributed by atoms with E-state index in [-0.39, 0.29) is 0 Å². The van der Waals surface area contributed by atoms with Crippen LogP contribution in [0.3, 0.4) is 0 Å². The number of thioether (sulfide) groups is 1. The molecule has 1 aromatic carbocycles. The minimum absolute atomic E-state index is 0.404. The number of carboxylic acids is 1. The Hall–Kier alpha value is -1.20. The van der Waals surface area contributed by atoms with E-state index in [2.05, 4.69) is 0 Å². The number of anilines is 1. The first-order valence-corrected chi connectivity index (χ1v) is 6.72. The second-order valence-corrected chi connectivity index (χ2v) is 4.75. The highest BCUT2D eigenvalue weighted by Crippen LogP contribution is 2.21. The predicted octanol–water partition coefficient (Wildman–Crippen LogP) is 2.40. The SMILES string of the molecule is CSCC[C@@H](C(=O)O)N(O)c1ccccc1C. The first kappa shape index (κ1) is 13.9. The maximum Gasteiger partial charge on any atom is 0.328 e. The van der Waals surface area contributed by atoms with Crippen molar-refractivity contribution in [2.75, 3.05) is 17.1 Å². The smallest absolute Gasteiger partial charge is 0.328 e. The van der Waals surface area contributed by atoms with Gasteiger partial charge in [0.1, 0.15) is 0 Å². The lowest BCUT2D eigenvalue weighted by Gasteiger charge is -2.25. The molecule has 0 fully saturated rings. The molecule has 0 bridgehead atoms. The number of carbonyl (C=O) groups is 1. The summed E-state index contributed by atoms with van der Waals surface area (Å²) in [7, 11) is 0. The number of hydroxylamine groups is 1. The highest BCUT2D eigenvalue weighted by molar-refractivity contribution is 7.98. The molecule has 4 nitrogen and oxygen atoms in total. The number of hydrogen-bond donors (Lipinski definition) is 2. The number of aryl methyl sites for hydroxylation is 1. The molecule has 0 radical (unpaired) electrons. The van der Waals surface area contributed by atoms with Crippen LogP contribution in [-0.4, -0.2) is 34.3 Å². The Labute approximate surface area is 105 Å². The normalized spacial score (nSPS) is 12.2. The van der Waals surface area contributed by atoms with Gasteiger partial charge in [0.15, 0.2) is 6.04 Å². The van der Waals surface area contributed by atoms with Gasteiger partial charge in [-0.3, -0.25) is 5.21 Å². The lowest BCUT2D eigenvalue weighted by molar-refractivity contribution is -0.140. The van der Waals surface area contributed by atoms with Gasteiger partial charge in [0.05, 0.1) is 5.69 Å². The van der Waals surface area contributed by atoms with Gasteiger partial charge in [0, 0.05) is 0 Å². The molecule has 1 rings (SSSR count). The van der Waals surface area contributed by atoms with Gasteiger partial charge in [0.2, 0.25) is 0 Å². The van der Waals surface area contributed by atoms with Crippen LogP contribution in [0.15, 0.2) is 24.3 Å². The Kier molecular flexibility index (Phi) is 5.31. The van der Waals surface area contributed by atoms with Crippen molar-refractivity contribution >= 4 is 23.4 Å². The van der Waals surface area contributed by atoms with E-state index in [9.17, 15) is 10.0 Å². The van der Waals surface area contributed by atoms with Crippen LogP contribution < -0.4 is 5.06 Å². The maximum absolute atomic E-state index is 11.1. The molecule has 0 amide bonds. The molecular weight excluding hydrogens is 238 g/mol. The van der Waals surface area contributed by atoms with Crippen molar-refractivity contribution in [3.63, 3.8) is 0 Å². The van der Waals surface area contributed by atoms with Crippen molar-refractivity contribution in [3.8, 4) is 0 Å². The zero-order valence-corrected chi connectivity index (χ0v) is 10.8. The number of hydrogen-bond acceptors (Lipinski definition) is 4. The molecule has 0 aliphatic heterocycles. The molecule has 0 heterocycles. The van der Waals surface area contributed by atoms with Crippen LogP contribution in [0.2, 0.25) is 0 Å². The summed E-state index contributed by atoms with van der Waals surface area (Å²) in [6, 6.07) is 6.28. The van der Waals surface area contributed by atoms with E-state index < -0.39 is 12.0 Å². The number of benzene rings is 1. The molecule has 1 atom stereocenters. The van der Waals surface area contributed by atoms with E-state index in [0.717, 1.165) is 10.6 Å². The number of carboxylic acid groups (broad SMARTS) is 1. The first-order chi connectivity index (χ1) is 8.07. The summed E-state index contributed by atoms with van der Waals surface area (Å²) in [6.45, 7) is 1.84. The van der Waals surface area contributed by atoms with E-state index in [1.54, 1.807) is 23.9 Å². The summed E-state index contributed by atoms with van der Waals surface area (Å²) in [6.07, 6.45) is 2.32. The largest absolute Gasteiger partial charge is 0.480 e. The van der Waals surface area contributed by atoms with Crippen LogP contribution in [0, 0.1) is 6.92 Å². The standard InChI is InChI=1S/C12H17NO3S/c1-9-5-3-4-6-10(9)13(16)11(12(14)15)7-8-17-2/h3-6,11,16H,7-8H2,1-2H3,(H,14,15)/t11-/m0/s1. The van der Waals surface area contributed by atoms with Crippen LogP contribution >= 0.6 is 11.8 Å². The highest BCUT2D eigenvalue weighted by atomic mass is 32.2. The van der Waals surface area contributed by atoms with Gasteiger partial charge >= 0.3 is 5.97 Å². The summed E-state index contributed by atoms with van der Waals surface area (Å²) in [5.74, 6) is -0.315. The number of nitrogens with zero attached hydrogens (tertiary/aromatic N) is 1. The molecule has 94 valence electrons. The third-order valence-electron chi connectivity index (χ3n) is 2.54. The van der Waals surface area contributed by atoms with Crippen molar-refractivity contribution in [1.82, 2.24) is 0 Å². The van der Waals surface area contributed by atoms with E-state index in [1.165, 1.54) is 0 Å². The first-order valence-electron chi connectivity index (χ1n) is 5.33. The van der Waals surface area contributed by atoms with Crippen molar-refractivity contribution in [2.45, 2.75) is 19.4 Å². The molecular formula is C12H17NO3S. The van der Waals surface area contributed by atoms with Gasteiger partial charge < -0.3 is 5.11 Å². The Morgan fingerprint density at radius 1 is 1.47 bits per heavy atom. The molecule has 5 heteroatoms. The maximum atomic E-state index is 11.1. The van der Waals surface area contributed by atoms with Gasteiger partial charge in [0.25, 0.3) is 0 Å². The molecule has 0 aromatic heterocycles. The van der Waals surface area contributed by atoms with E-state index in [4.69, 9.17) is 5.11 Å². The van der Waals surface area contributed by atoms with Gasteiger partial charge in [-0.05, 0) is 37.0 Å².